The maximum atomic E-state index is 13.2. The van der Waals surface area contributed by atoms with E-state index >= 15 is 0 Å². The van der Waals surface area contributed by atoms with Gasteiger partial charge in [0, 0.05) is 13.1 Å². The number of hydrogen-bond acceptors (Lipinski definition) is 8. The van der Waals surface area contributed by atoms with Crippen molar-refractivity contribution in [1.82, 2.24) is 4.90 Å². The van der Waals surface area contributed by atoms with E-state index < -0.39 is 22.0 Å². The van der Waals surface area contributed by atoms with E-state index in [0.29, 0.717) is 13.1 Å². The molecule has 3 rings (SSSR count). The van der Waals surface area contributed by atoms with Gasteiger partial charge in [0.05, 0.1) is 53.7 Å². The summed E-state index contributed by atoms with van der Waals surface area (Å²) in [4.78, 5) is 38.5. The number of nitrogens with zero attached hydrogens (tertiary/aromatic N) is 1. The zero-order valence-corrected chi connectivity index (χ0v) is 20.0. The third kappa shape index (κ3) is 5.54. The predicted octanol–water partition coefficient (Wildman–Crippen LogP) is 2.31. The number of nitrogens with one attached hydrogen (secondary N) is 1. The molecule has 2 atom stereocenters. The van der Waals surface area contributed by atoms with Crippen LogP contribution in [-0.4, -0.2) is 70.7 Å². The number of para-hydroxylation sites is 1. The first-order valence-electron chi connectivity index (χ1n) is 10.4. The van der Waals surface area contributed by atoms with E-state index in [-0.39, 0.29) is 45.4 Å². The van der Waals surface area contributed by atoms with Gasteiger partial charge in [-0.05, 0) is 44.2 Å². The number of carbonyl (C=O) groups is 3. The Morgan fingerprint density at radius 3 is 2.00 bits per heavy atom. The molecule has 0 spiro atoms. The number of benzene rings is 2. The fraction of sp³-hybridized carbons (Fsp3) is 0.348. The maximum absolute atomic E-state index is 13.2. The minimum absolute atomic E-state index is 0.0578. The lowest BCUT2D eigenvalue weighted by molar-refractivity contribution is -0.0585. The molecule has 2 aromatic rings. The minimum atomic E-state index is -4.31. The van der Waals surface area contributed by atoms with E-state index in [1.807, 2.05) is 13.8 Å². The molecular formula is C23H26N2O8S. The van der Waals surface area contributed by atoms with Crippen LogP contribution in [0.5, 0.6) is 0 Å². The molecule has 1 amide bonds. The van der Waals surface area contributed by atoms with Crippen LogP contribution in [0, 0.1) is 0 Å². The van der Waals surface area contributed by atoms with Gasteiger partial charge in [-0.25, -0.2) is 18.0 Å². The average molecular weight is 491 g/mol. The molecule has 1 N–H and O–H groups in total. The summed E-state index contributed by atoms with van der Waals surface area (Å²) in [6.45, 7) is 4.46. The number of methoxy groups -OCH3 is 2. The molecular weight excluding hydrogens is 464 g/mol. The van der Waals surface area contributed by atoms with Gasteiger partial charge in [0.25, 0.3) is 15.9 Å². The number of anilines is 1. The summed E-state index contributed by atoms with van der Waals surface area (Å²) in [5.74, 6) is -2.00. The Balaban J connectivity index is 1.98. The molecule has 0 bridgehead atoms. The summed E-state index contributed by atoms with van der Waals surface area (Å²) in [5.41, 5.74) is -0.0788. The lowest BCUT2D eigenvalue weighted by Crippen LogP contribution is -2.48. The molecule has 1 aliphatic heterocycles. The number of ether oxygens (including phenoxy) is 3. The molecule has 2 aromatic carbocycles. The molecule has 0 aromatic heterocycles. The van der Waals surface area contributed by atoms with Gasteiger partial charge in [-0.15, -0.1) is 0 Å². The molecule has 10 nitrogen and oxygen atoms in total. The number of esters is 2. The standard InChI is InChI=1S/C23H26N2O8S/c1-14-12-25(13-15(2)33-14)21(26)19-7-5-6-8-20(19)24-34(29,30)18-10-16(22(27)31-3)9-17(11-18)23(28)32-4/h5-11,14-15,24H,12-13H2,1-4H3. The van der Waals surface area contributed by atoms with Gasteiger partial charge in [0.2, 0.25) is 0 Å². The van der Waals surface area contributed by atoms with Crippen LogP contribution in [0.1, 0.15) is 44.9 Å². The molecule has 0 radical (unpaired) electrons. The third-order valence-electron chi connectivity index (χ3n) is 5.17. The van der Waals surface area contributed by atoms with Crippen LogP contribution in [0.15, 0.2) is 47.4 Å². The van der Waals surface area contributed by atoms with Gasteiger partial charge in [0.1, 0.15) is 0 Å². The minimum Gasteiger partial charge on any atom is -0.465 e. The van der Waals surface area contributed by atoms with Crippen molar-refractivity contribution in [3.8, 4) is 0 Å². The van der Waals surface area contributed by atoms with Gasteiger partial charge >= 0.3 is 11.9 Å². The Labute approximate surface area is 197 Å². The average Bonchev–Trinajstić information content (AvgIpc) is 2.81. The second-order valence-corrected chi connectivity index (χ2v) is 9.53. The monoisotopic (exact) mass is 490 g/mol. The largest absolute Gasteiger partial charge is 0.465 e. The topological polar surface area (TPSA) is 128 Å². The summed E-state index contributed by atoms with van der Waals surface area (Å²) >= 11 is 0. The van der Waals surface area contributed by atoms with E-state index in [1.54, 1.807) is 17.0 Å². The number of rotatable bonds is 6. The fourth-order valence-corrected chi connectivity index (χ4v) is 4.85. The van der Waals surface area contributed by atoms with Gasteiger partial charge in [-0.3, -0.25) is 9.52 Å². The molecule has 1 fully saturated rings. The molecule has 1 aliphatic rings. The van der Waals surface area contributed by atoms with Gasteiger partial charge < -0.3 is 19.1 Å². The first-order valence-corrected chi connectivity index (χ1v) is 11.9. The van der Waals surface area contributed by atoms with Crippen molar-refractivity contribution in [2.45, 2.75) is 31.0 Å². The van der Waals surface area contributed by atoms with Crippen LogP contribution >= 0.6 is 0 Å². The molecule has 1 saturated heterocycles. The van der Waals surface area contributed by atoms with E-state index in [2.05, 4.69) is 14.2 Å². The lowest BCUT2D eigenvalue weighted by Gasteiger charge is -2.35. The highest BCUT2D eigenvalue weighted by molar-refractivity contribution is 7.92. The normalized spacial score (nSPS) is 18.2. The van der Waals surface area contributed by atoms with Crippen molar-refractivity contribution in [2.75, 3.05) is 32.0 Å². The van der Waals surface area contributed by atoms with E-state index in [0.717, 1.165) is 26.4 Å². The molecule has 34 heavy (non-hydrogen) atoms. The summed E-state index contributed by atoms with van der Waals surface area (Å²) in [6, 6.07) is 9.54. The van der Waals surface area contributed by atoms with Crippen molar-refractivity contribution in [2.24, 2.45) is 0 Å². The summed E-state index contributed by atoms with van der Waals surface area (Å²) in [6.07, 6.45) is -0.316. The Morgan fingerprint density at radius 1 is 0.941 bits per heavy atom. The van der Waals surface area contributed by atoms with Gasteiger partial charge in [-0.1, -0.05) is 12.1 Å². The number of sulfonamides is 1. The number of amides is 1. The first kappa shape index (κ1) is 25.2. The summed E-state index contributed by atoms with van der Waals surface area (Å²) < 4.78 is 43.8. The van der Waals surface area contributed by atoms with Crippen LogP contribution < -0.4 is 4.72 Å². The van der Waals surface area contributed by atoms with Crippen LogP contribution in [0.2, 0.25) is 0 Å². The molecule has 11 heteroatoms. The Hall–Kier alpha value is -3.44. The van der Waals surface area contributed by atoms with Crippen molar-refractivity contribution in [3.05, 3.63) is 59.2 Å². The van der Waals surface area contributed by atoms with Gasteiger partial charge in [0.15, 0.2) is 0 Å². The lowest BCUT2D eigenvalue weighted by atomic mass is 10.1. The second kappa shape index (κ2) is 10.2. The summed E-state index contributed by atoms with van der Waals surface area (Å²) in [5, 5.41) is 0. The Bertz CT molecular complexity index is 1170. The Kier molecular flexibility index (Phi) is 7.57. The van der Waals surface area contributed by atoms with E-state index in [1.165, 1.54) is 18.2 Å². The van der Waals surface area contributed by atoms with Crippen LogP contribution in [0.25, 0.3) is 0 Å². The van der Waals surface area contributed by atoms with E-state index in [4.69, 9.17) is 4.74 Å². The predicted molar refractivity (Wildman–Crippen MR) is 122 cm³/mol. The first-order chi connectivity index (χ1) is 16.1. The third-order valence-corrected chi connectivity index (χ3v) is 6.51. The van der Waals surface area contributed by atoms with Crippen LogP contribution in [0.4, 0.5) is 5.69 Å². The van der Waals surface area contributed by atoms with Crippen LogP contribution in [-0.2, 0) is 24.2 Å². The highest BCUT2D eigenvalue weighted by Crippen LogP contribution is 2.25. The fourth-order valence-electron chi connectivity index (χ4n) is 3.70. The zero-order valence-electron chi connectivity index (χ0n) is 19.2. The molecule has 2 unspecified atom stereocenters. The highest BCUT2D eigenvalue weighted by atomic mass is 32.2. The van der Waals surface area contributed by atoms with Crippen molar-refractivity contribution >= 4 is 33.6 Å². The smallest absolute Gasteiger partial charge is 0.337 e. The van der Waals surface area contributed by atoms with Crippen LogP contribution in [0.3, 0.4) is 0 Å². The Morgan fingerprint density at radius 2 is 1.47 bits per heavy atom. The quantitative estimate of drug-likeness (QED) is 0.611. The summed E-state index contributed by atoms with van der Waals surface area (Å²) in [7, 11) is -2.04. The number of carbonyl (C=O) groups excluding carboxylic acids is 3. The zero-order chi connectivity index (χ0) is 25.0. The molecule has 1 heterocycles. The van der Waals surface area contributed by atoms with Crippen molar-refractivity contribution in [3.63, 3.8) is 0 Å². The maximum Gasteiger partial charge on any atom is 0.337 e. The number of morpholine rings is 1. The number of hydrogen-bond donors (Lipinski definition) is 1. The van der Waals surface area contributed by atoms with E-state index in [9.17, 15) is 22.8 Å². The van der Waals surface area contributed by atoms with Crippen molar-refractivity contribution < 1.29 is 37.0 Å². The molecule has 0 aliphatic carbocycles. The van der Waals surface area contributed by atoms with Crippen molar-refractivity contribution in [1.29, 1.82) is 0 Å². The molecule has 0 saturated carbocycles. The molecule has 182 valence electrons. The van der Waals surface area contributed by atoms with Gasteiger partial charge in [-0.2, -0.15) is 0 Å². The second-order valence-electron chi connectivity index (χ2n) is 7.85. The highest BCUT2D eigenvalue weighted by Gasteiger charge is 2.29. The SMILES string of the molecule is COC(=O)c1cc(C(=O)OC)cc(S(=O)(=O)Nc2ccccc2C(=O)N2CC(C)OC(C)C2)c1.